The van der Waals surface area contributed by atoms with Crippen LogP contribution in [0.4, 0.5) is 5.69 Å². The third-order valence-electron chi connectivity index (χ3n) is 4.33. The third-order valence-corrected chi connectivity index (χ3v) is 4.33. The Labute approximate surface area is 165 Å². The summed E-state index contributed by atoms with van der Waals surface area (Å²) in [7, 11) is 0. The largest absolute Gasteiger partial charge is 0.381 e. The van der Waals surface area contributed by atoms with Gasteiger partial charge in [-0.1, -0.05) is 30.3 Å². The molecule has 0 saturated heterocycles. The number of rotatable bonds is 9. The Hall–Kier alpha value is -2.99. The number of hydrogen-bond donors (Lipinski definition) is 1. The predicted molar refractivity (Wildman–Crippen MR) is 110 cm³/mol. The molecule has 0 aliphatic carbocycles. The molecule has 146 valence electrons. The molecule has 0 radical (unpaired) electrons. The second kappa shape index (κ2) is 9.80. The van der Waals surface area contributed by atoms with E-state index in [4.69, 9.17) is 4.74 Å². The van der Waals surface area contributed by atoms with E-state index in [1.165, 1.54) is 5.56 Å². The molecule has 6 nitrogen and oxygen atoms in total. The van der Waals surface area contributed by atoms with Crippen molar-refractivity contribution in [2.75, 3.05) is 18.5 Å². The Morgan fingerprint density at radius 1 is 1.11 bits per heavy atom. The van der Waals surface area contributed by atoms with Crippen molar-refractivity contribution >= 4 is 11.6 Å². The number of carbonyl (C=O) groups is 1. The molecule has 0 aliphatic rings. The highest BCUT2D eigenvalue weighted by Crippen LogP contribution is 2.13. The number of carbonyl (C=O) groups excluding carboxylic acids is 1. The van der Waals surface area contributed by atoms with Crippen molar-refractivity contribution in [3.8, 4) is 5.82 Å². The topological polar surface area (TPSA) is 69.0 Å². The summed E-state index contributed by atoms with van der Waals surface area (Å²) in [5, 5.41) is 7.28. The molecular formula is C22H26N4O2. The van der Waals surface area contributed by atoms with Crippen LogP contribution >= 0.6 is 0 Å². The number of aryl methyl sites for hydroxylation is 2. The Bertz CT molecular complexity index is 889. The fourth-order valence-corrected chi connectivity index (χ4v) is 2.94. The van der Waals surface area contributed by atoms with Crippen LogP contribution in [0.5, 0.6) is 0 Å². The van der Waals surface area contributed by atoms with Gasteiger partial charge in [-0.05, 0) is 50.5 Å². The zero-order chi connectivity index (χ0) is 19.8. The van der Waals surface area contributed by atoms with Gasteiger partial charge in [0, 0.05) is 18.7 Å². The zero-order valence-electron chi connectivity index (χ0n) is 16.4. The maximum atomic E-state index is 12.1. The van der Waals surface area contributed by atoms with Crippen LogP contribution in [0.15, 0.2) is 54.7 Å². The van der Waals surface area contributed by atoms with E-state index in [0.29, 0.717) is 31.7 Å². The van der Waals surface area contributed by atoms with Gasteiger partial charge in [-0.3, -0.25) is 4.79 Å². The molecule has 3 aromatic rings. The summed E-state index contributed by atoms with van der Waals surface area (Å²) in [5.74, 6) is 0.697. The number of hydrogen-bond acceptors (Lipinski definition) is 4. The maximum absolute atomic E-state index is 12.1. The molecule has 0 unspecified atom stereocenters. The first-order chi connectivity index (χ1) is 13.6. The van der Waals surface area contributed by atoms with Crippen LogP contribution in [-0.4, -0.2) is 33.9 Å². The number of aromatic nitrogens is 3. The molecule has 1 N–H and O–H groups in total. The summed E-state index contributed by atoms with van der Waals surface area (Å²) in [5.41, 5.74) is 3.91. The minimum atomic E-state index is -0.0349. The molecule has 0 bridgehead atoms. The van der Waals surface area contributed by atoms with Crippen molar-refractivity contribution in [1.82, 2.24) is 14.8 Å². The van der Waals surface area contributed by atoms with Gasteiger partial charge >= 0.3 is 0 Å². The molecule has 2 heterocycles. The number of nitrogens with one attached hydrogen (secondary N) is 1. The molecule has 0 atom stereocenters. The molecule has 2 aromatic heterocycles. The summed E-state index contributed by atoms with van der Waals surface area (Å²) in [6, 6.07) is 15.9. The summed E-state index contributed by atoms with van der Waals surface area (Å²) in [6.07, 6.45) is 3.66. The number of anilines is 1. The molecular weight excluding hydrogens is 352 g/mol. The summed E-state index contributed by atoms with van der Waals surface area (Å²) >= 11 is 0. The van der Waals surface area contributed by atoms with Crippen LogP contribution in [0.1, 0.15) is 29.8 Å². The Morgan fingerprint density at radius 3 is 2.61 bits per heavy atom. The van der Waals surface area contributed by atoms with Crippen molar-refractivity contribution in [2.24, 2.45) is 0 Å². The molecule has 1 aromatic carbocycles. The van der Waals surface area contributed by atoms with Gasteiger partial charge in [0.2, 0.25) is 5.91 Å². The first kappa shape index (κ1) is 19.8. The van der Waals surface area contributed by atoms with Gasteiger partial charge in [0.25, 0.3) is 0 Å². The first-order valence-corrected chi connectivity index (χ1v) is 9.53. The van der Waals surface area contributed by atoms with E-state index in [1.807, 2.05) is 50.2 Å². The molecule has 3 rings (SSSR count). The third kappa shape index (κ3) is 5.76. The van der Waals surface area contributed by atoms with E-state index < -0.39 is 0 Å². The molecule has 0 fully saturated rings. The summed E-state index contributed by atoms with van der Waals surface area (Å²) in [6.45, 7) is 5.18. The van der Waals surface area contributed by atoms with E-state index in [0.717, 1.165) is 23.6 Å². The number of ether oxygens (including phenoxy) is 1. The van der Waals surface area contributed by atoms with Crippen LogP contribution in [-0.2, 0) is 16.0 Å². The summed E-state index contributed by atoms with van der Waals surface area (Å²) in [4.78, 5) is 16.5. The lowest BCUT2D eigenvalue weighted by Crippen LogP contribution is -2.13. The molecule has 0 aliphatic heterocycles. The second-order valence-electron chi connectivity index (χ2n) is 6.74. The molecule has 1 amide bonds. The standard InChI is InChI=1S/C22H26N4O2/c1-17-15-18(2)26(25-17)21-11-10-20(16-23-21)24-22(27)9-6-13-28-14-12-19-7-4-3-5-8-19/h3-5,7-8,10-11,15-16H,6,9,12-14H2,1-2H3,(H,24,27). The van der Waals surface area contributed by atoms with Crippen LogP contribution in [0.25, 0.3) is 5.82 Å². The number of pyridine rings is 1. The van der Waals surface area contributed by atoms with Crippen molar-refractivity contribution < 1.29 is 9.53 Å². The SMILES string of the molecule is Cc1cc(C)n(-c2ccc(NC(=O)CCCOCCc3ccccc3)cn2)n1. The van der Waals surface area contributed by atoms with E-state index in [-0.39, 0.29) is 5.91 Å². The van der Waals surface area contributed by atoms with Crippen LogP contribution < -0.4 is 5.32 Å². The second-order valence-corrected chi connectivity index (χ2v) is 6.74. The summed E-state index contributed by atoms with van der Waals surface area (Å²) < 4.78 is 7.40. The highest BCUT2D eigenvalue weighted by Gasteiger charge is 2.06. The van der Waals surface area contributed by atoms with Gasteiger partial charge in [-0.15, -0.1) is 0 Å². The van der Waals surface area contributed by atoms with Crippen molar-refractivity contribution in [2.45, 2.75) is 33.1 Å². The monoisotopic (exact) mass is 378 g/mol. The van der Waals surface area contributed by atoms with Crippen molar-refractivity contribution in [3.63, 3.8) is 0 Å². The predicted octanol–water partition coefficient (Wildman–Crippen LogP) is 3.86. The molecule has 0 saturated carbocycles. The smallest absolute Gasteiger partial charge is 0.224 e. The van der Waals surface area contributed by atoms with Gasteiger partial charge in [0.05, 0.1) is 24.2 Å². The van der Waals surface area contributed by atoms with Crippen LogP contribution in [0.3, 0.4) is 0 Å². The first-order valence-electron chi connectivity index (χ1n) is 9.53. The van der Waals surface area contributed by atoms with E-state index in [9.17, 15) is 4.79 Å². The Kier molecular flexibility index (Phi) is 6.92. The lowest BCUT2D eigenvalue weighted by molar-refractivity contribution is -0.116. The average Bonchev–Trinajstić information content (AvgIpc) is 3.04. The fourth-order valence-electron chi connectivity index (χ4n) is 2.94. The van der Waals surface area contributed by atoms with Gasteiger partial charge in [-0.2, -0.15) is 5.10 Å². The molecule has 0 spiro atoms. The van der Waals surface area contributed by atoms with Crippen LogP contribution in [0, 0.1) is 13.8 Å². The lowest BCUT2D eigenvalue weighted by Gasteiger charge is -2.08. The van der Waals surface area contributed by atoms with E-state index in [1.54, 1.807) is 10.9 Å². The van der Waals surface area contributed by atoms with Gasteiger partial charge in [0.15, 0.2) is 5.82 Å². The Balaban J connectivity index is 1.36. The minimum absolute atomic E-state index is 0.0349. The van der Waals surface area contributed by atoms with E-state index >= 15 is 0 Å². The number of amides is 1. The normalized spacial score (nSPS) is 10.8. The highest BCUT2D eigenvalue weighted by molar-refractivity contribution is 5.90. The maximum Gasteiger partial charge on any atom is 0.224 e. The van der Waals surface area contributed by atoms with Gasteiger partial charge in [-0.25, -0.2) is 9.67 Å². The minimum Gasteiger partial charge on any atom is -0.381 e. The van der Waals surface area contributed by atoms with E-state index in [2.05, 4.69) is 27.5 Å². The lowest BCUT2D eigenvalue weighted by atomic mass is 10.2. The van der Waals surface area contributed by atoms with Gasteiger partial charge < -0.3 is 10.1 Å². The van der Waals surface area contributed by atoms with Gasteiger partial charge in [0.1, 0.15) is 0 Å². The quantitative estimate of drug-likeness (QED) is 0.574. The Morgan fingerprint density at radius 2 is 1.93 bits per heavy atom. The van der Waals surface area contributed by atoms with Crippen molar-refractivity contribution in [3.05, 3.63) is 71.7 Å². The zero-order valence-corrected chi connectivity index (χ0v) is 16.4. The fraction of sp³-hybridized carbons (Fsp3) is 0.318. The number of benzene rings is 1. The molecule has 6 heteroatoms. The number of nitrogens with zero attached hydrogens (tertiary/aromatic N) is 3. The average molecular weight is 378 g/mol. The highest BCUT2D eigenvalue weighted by atomic mass is 16.5. The molecule has 28 heavy (non-hydrogen) atoms. The van der Waals surface area contributed by atoms with Crippen molar-refractivity contribution in [1.29, 1.82) is 0 Å². The van der Waals surface area contributed by atoms with Crippen LogP contribution in [0.2, 0.25) is 0 Å².